The molecule has 0 bridgehead atoms. The summed E-state index contributed by atoms with van der Waals surface area (Å²) in [5, 5.41) is 3.25. The lowest BCUT2D eigenvalue weighted by molar-refractivity contribution is -0.142. The molecule has 1 aliphatic rings. The number of methoxy groups -OCH3 is 2. The maximum atomic E-state index is 12.2. The van der Waals surface area contributed by atoms with Crippen LogP contribution in [0.4, 0.5) is 5.00 Å². The Kier molecular flexibility index (Phi) is 5.41. The molecule has 2 rings (SSSR count). The van der Waals surface area contributed by atoms with Gasteiger partial charge in [0, 0.05) is 11.3 Å². The first-order valence-electron chi connectivity index (χ1n) is 7.50. The second kappa shape index (κ2) is 7.12. The Bertz CT molecular complexity index is 635. The Morgan fingerprint density at radius 3 is 2.52 bits per heavy atom. The highest BCUT2D eigenvalue weighted by atomic mass is 32.1. The van der Waals surface area contributed by atoms with Crippen molar-refractivity contribution in [1.29, 1.82) is 0 Å². The van der Waals surface area contributed by atoms with Crippen LogP contribution in [0.25, 0.3) is 0 Å². The number of hydrogen-bond acceptors (Lipinski definition) is 6. The maximum Gasteiger partial charge on any atom is 0.341 e. The molecule has 0 aromatic carbocycles. The standard InChI is InChI=1S/C16H21NO5S/c1-8(2)7-11(18)17-14-13(16(20)22-4)12-9(15(19)21-3)5-6-10(12)23-14/h8-9H,5-7H2,1-4H3,(H,17,18). The summed E-state index contributed by atoms with van der Waals surface area (Å²) in [7, 11) is 2.62. The molecule has 126 valence electrons. The van der Waals surface area contributed by atoms with Crippen LogP contribution in [0, 0.1) is 5.92 Å². The zero-order valence-electron chi connectivity index (χ0n) is 13.7. The molecular formula is C16H21NO5S. The molecule has 1 unspecified atom stereocenters. The number of aryl methyl sites for hydroxylation is 1. The van der Waals surface area contributed by atoms with Crippen LogP contribution in [0.3, 0.4) is 0 Å². The summed E-state index contributed by atoms with van der Waals surface area (Å²) in [5.41, 5.74) is 0.936. The van der Waals surface area contributed by atoms with E-state index < -0.39 is 11.9 Å². The van der Waals surface area contributed by atoms with Crippen LogP contribution < -0.4 is 5.32 Å². The lowest BCUT2D eigenvalue weighted by atomic mass is 9.99. The average Bonchev–Trinajstić information content (AvgIpc) is 3.03. The van der Waals surface area contributed by atoms with E-state index in [0.29, 0.717) is 29.8 Å². The summed E-state index contributed by atoms with van der Waals surface area (Å²) in [5.74, 6) is -1.33. The highest BCUT2D eigenvalue weighted by Gasteiger charge is 2.38. The minimum atomic E-state index is -0.543. The van der Waals surface area contributed by atoms with Crippen LogP contribution in [-0.4, -0.2) is 32.1 Å². The number of hydrogen-bond donors (Lipinski definition) is 1. The monoisotopic (exact) mass is 339 g/mol. The van der Waals surface area contributed by atoms with Gasteiger partial charge in [0.05, 0.1) is 25.7 Å². The van der Waals surface area contributed by atoms with E-state index in [-0.39, 0.29) is 23.4 Å². The first-order valence-corrected chi connectivity index (χ1v) is 8.32. The first kappa shape index (κ1) is 17.5. The predicted molar refractivity (Wildman–Crippen MR) is 86.8 cm³/mol. The zero-order valence-corrected chi connectivity index (χ0v) is 14.5. The van der Waals surface area contributed by atoms with Gasteiger partial charge in [-0.25, -0.2) is 4.79 Å². The van der Waals surface area contributed by atoms with Crippen molar-refractivity contribution >= 4 is 34.2 Å². The summed E-state index contributed by atoms with van der Waals surface area (Å²) in [6, 6.07) is 0. The Labute approximate surface area is 139 Å². The van der Waals surface area contributed by atoms with Crippen molar-refractivity contribution in [2.75, 3.05) is 19.5 Å². The van der Waals surface area contributed by atoms with Gasteiger partial charge >= 0.3 is 11.9 Å². The predicted octanol–water partition coefficient (Wildman–Crippen LogP) is 2.72. The van der Waals surface area contributed by atoms with Crippen molar-refractivity contribution in [3.05, 3.63) is 16.0 Å². The third-order valence-corrected chi connectivity index (χ3v) is 4.93. The van der Waals surface area contributed by atoms with Crippen LogP contribution >= 0.6 is 11.3 Å². The van der Waals surface area contributed by atoms with E-state index in [0.717, 1.165) is 4.88 Å². The van der Waals surface area contributed by atoms with Crippen molar-refractivity contribution in [3.8, 4) is 0 Å². The molecule has 23 heavy (non-hydrogen) atoms. The Hall–Kier alpha value is -1.89. The van der Waals surface area contributed by atoms with Gasteiger partial charge in [0.25, 0.3) is 0 Å². The Balaban J connectivity index is 2.40. The number of anilines is 1. The van der Waals surface area contributed by atoms with E-state index in [4.69, 9.17) is 9.47 Å². The number of amides is 1. The van der Waals surface area contributed by atoms with Crippen molar-refractivity contribution < 1.29 is 23.9 Å². The van der Waals surface area contributed by atoms with Crippen LogP contribution in [0.1, 0.15) is 53.4 Å². The third kappa shape index (κ3) is 3.55. The molecule has 0 aliphatic heterocycles. The lowest BCUT2D eigenvalue weighted by Crippen LogP contribution is -2.18. The minimum absolute atomic E-state index is 0.153. The van der Waals surface area contributed by atoms with Gasteiger partial charge in [-0.05, 0) is 24.3 Å². The number of carbonyl (C=O) groups excluding carboxylic acids is 3. The molecule has 7 heteroatoms. The summed E-state index contributed by atoms with van der Waals surface area (Å²) < 4.78 is 9.68. The summed E-state index contributed by atoms with van der Waals surface area (Å²) >= 11 is 1.34. The largest absolute Gasteiger partial charge is 0.469 e. The molecule has 1 aliphatic carbocycles. The number of fused-ring (bicyclic) bond motifs is 1. The highest BCUT2D eigenvalue weighted by molar-refractivity contribution is 7.17. The van der Waals surface area contributed by atoms with Crippen LogP contribution in [0.5, 0.6) is 0 Å². The summed E-state index contributed by atoms with van der Waals surface area (Å²) in [6.45, 7) is 3.89. The molecule has 1 aromatic rings. The van der Waals surface area contributed by atoms with Gasteiger partial charge < -0.3 is 14.8 Å². The van der Waals surface area contributed by atoms with Crippen molar-refractivity contribution in [1.82, 2.24) is 0 Å². The molecule has 0 saturated heterocycles. The van der Waals surface area contributed by atoms with Crippen molar-refractivity contribution in [2.45, 2.75) is 39.0 Å². The zero-order chi connectivity index (χ0) is 17.1. The molecule has 1 amide bonds. The number of carbonyl (C=O) groups is 3. The number of ether oxygens (including phenoxy) is 2. The molecule has 1 aromatic heterocycles. The fraction of sp³-hybridized carbons (Fsp3) is 0.562. The van der Waals surface area contributed by atoms with Gasteiger partial charge in [0.2, 0.25) is 5.91 Å². The molecular weight excluding hydrogens is 318 g/mol. The fourth-order valence-electron chi connectivity index (χ4n) is 2.78. The van der Waals surface area contributed by atoms with Gasteiger partial charge in [-0.15, -0.1) is 11.3 Å². The minimum Gasteiger partial charge on any atom is -0.469 e. The van der Waals surface area contributed by atoms with E-state index >= 15 is 0 Å². The van der Waals surface area contributed by atoms with Crippen molar-refractivity contribution in [2.24, 2.45) is 5.92 Å². The van der Waals surface area contributed by atoms with Crippen molar-refractivity contribution in [3.63, 3.8) is 0 Å². The smallest absolute Gasteiger partial charge is 0.341 e. The molecule has 0 fully saturated rings. The third-order valence-electron chi connectivity index (χ3n) is 3.75. The highest BCUT2D eigenvalue weighted by Crippen LogP contribution is 2.45. The average molecular weight is 339 g/mol. The van der Waals surface area contributed by atoms with Gasteiger partial charge in [-0.1, -0.05) is 13.8 Å². The van der Waals surface area contributed by atoms with E-state index in [1.54, 1.807) is 0 Å². The first-order chi connectivity index (χ1) is 10.9. The summed E-state index contributed by atoms with van der Waals surface area (Å²) in [4.78, 5) is 37.1. The number of esters is 2. The van der Waals surface area contributed by atoms with E-state index in [9.17, 15) is 14.4 Å². The van der Waals surface area contributed by atoms with Gasteiger partial charge in [-0.2, -0.15) is 0 Å². The van der Waals surface area contributed by atoms with E-state index in [1.807, 2.05) is 13.8 Å². The van der Waals surface area contributed by atoms with Gasteiger partial charge in [0.15, 0.2) is 0 Å². The SMILES string of the molecule is COC(=O)c1c(NC(=O)CC(C)C)sc2c1C(C(=O)OC)CC2. The van der Waals surface area contributed by atoms with Crippen LogP contribution in [0.2, 0.25) is 0 Å². The second-order valence-corrected chi connectivity index (χ2v) is 7.00. The van der Waals surface area contributed by atoms with E-state index in [2.05, 4.69) is 5.32 Å². The van der Waals surface area contributed by atoms with Crippen LogP contribution in [0.15, 0.2) is 0 Å². The quantitative estimate of drug-likeness (QED) is 0.834. The Morgan fingerprint density at radius 2 is 1.96 bits per heavy atom. The lowest BCUT2D eigenvalue weighted by Gasteiger charge is -2.12. The number of thiophene rings is 1. The molecule has 0 spiro atoms. The second-order valence-electron chi connectivity index (χ2n) is 5.90. The maximum absolute atomic E-state index is 12.2. The molecule has 6 nitrogen and oxygen atoms in total. The van der Waals surface area contributed by atoms with Crippen LogP contribution in [-0.2, 0) is 25.5 Å². The molecule has 0 saturated carbocycles. The Morgan fingerprint density at radius 1 is 1.26 bits per heavy atom. The molecule has 0 radical (unpaired) electrons. The number of nitrogens with one attached hydrogen (secondary N) is 1. The summed E-state index contributed by atoms with van der Waals surface area (Å²) in [6.07, 6.45) is 1.66. The molecule has 1 heterocycles. The number of rotatable bonds is 5. The normalized spacial score (nSPS) is 16.1. The van der Waals surface area contributed by atoms with Gasteiger partial charge in [-0.3, -0.25) is 9.59 Å². The van der Waals surface area contributed by atoms with E-state index in [1.165, 1.54) is 25.6 Å². The van der Waals surface area contributed by atoms with Gasteiger partial charge in [0.1, 0.15) is 5.00 Å². The molecule has 1 N–H and O–H groups in total. The topological polar surface area (TPSA) is 81.7 Å². The fourth-order valence-corrected chi connectivity index (χ4v) is 4.06. The molecule has 1 atom stereocenters.